The number of aliphatic imine (C=N–C) groups is 1. The minimum absolute atomic E-state index is 0.128. The zero-order chi connectivity index (χ0) is 18.2. The lowest BCUT2D eigenvalue weighted by Gasteiger charge is -2.36. The van der Waals surface area contributed by atoms with E-state index >= 15 is 0 Å². The van der Waals surface area contributed by atoms with Crippen molar-refractivity contribution in [3.05, 3.63) is 30.1 Å². The molecule has 0 aromatic heterocycles. The minimum atomic E-state index is -0.128. The molecule has 2 fully saturated rings. The van der Waals surface area contributed by atoms with Crippen LogP contribution in [0.1, 0.15) is 38.5 Å². The van der Waals surface area contributed by atoms with Crippen LogP contribution in [0.3, 0.4) is 0 Å². The van der Waals surface area contributed by atoms with E-state index in [2.05, 4.69) is 20.1 Å². The van der Waals surface area contributed by atoms with Gasteiger partial charge in [-0.05, 0) is 31.4 Å². The van der Waals surface area contributed by atoms with E-state index in [4.69, 9.17) is 5.73 Å². The molecule has 0 radical (unpaired) electrons. The van der Waals surface area contributed by atoms with E-state index in [0.29, 0.717) is 12.0 Å². The first kappa shape index (κ1) is 19.0. The van der Waals surface area contributed by atoms with Gasteiger partial charge in [0.25, 0.3) is 0 Å². The van der Waals surface area contributed by atoms with Crippen LogP contribution in [-0.4, -0.2) is 56.2 Å². The maximum absolute atomic E-state index is 13.9. The zero-order valence-electron chi connectivity index (χ0n) is 15.7. The first-order valence-electron chi connectivity index (χ1n) is 10.0. The number of benzene rings is 1. The van der Waals surface area contributed by atoms with Crippen LogP contribution in [0.15, 0.2) is 29.3 Å². The number of halogens is 1. The molecule has 0 bridgehead atoms. The SMILES string of the molecule is NC(=NCCCN1CCN(c2ccccc2F)CC1)NC1CCCCC1. The fourth-order valence-electron chi connectivity index (χ4n) is 3.92. The second kappa shape index (κ2) is 9.76. The molecule has 144 valence electrons. The molecular formula is C20H32FN5. The second-order valence-electron chi connectivity index (χ2n) is 7.38. The lowest BCUT2D eigenvalue weighted by atomic mass is 9.96. The summed E-state index contributed by atoms with van der Waals surface area (Å²) in [5.74, 6) is 0.470. The third-order valence-electron chi connectivity index (χ3n) is 5.44. The standard InChI is InChI=1S/C20H32FN5/c21-18-9-4-5-10-19(18)26-15-13-25(14-16-26)12-6-11-23-20(22)24-17-7-2-1-3-8-17/h4-5,9-10,17H,1-3,6-8,11-16H2,(H3,22,23,24). The Labute approximate surface area is 156 Å². The van der Waals surface area contributed by atoms with Crippen molar-refractivity contribution in [1.82, 2.24) is 10.2 Å². The van der Waals surface area contributed by atoms with Gasteiger partial charge in [-0.15, -0.1) is 0 Å². The number of para-hydroxylation sites is 1. The molecule has 0 atom stereocenters. The quantitative estimate of drug-likeness (QED) is 0.465. The number of hydrogen-bond acceptors (Lipinski definition) is 3. The largest absolute Gasteiger partial charge is 0.370 e. The van der Waals surface area contributed by atoms with Crippen LogP contribution in [0.5, 0.6) is 0 Å². The van der Waals surface area contributed by atoms with Gasteiger partial charge in [0.15, 0.2) is 5.96 Å². The smallest absolute Gasteiger partial charge is 0.188 e. The molecule has 1 aliphatic carbocycles. The number of nitrogens with one attached hydrogen (secondary N) is 1. The van der Waals surface area contributed by atoms with E-state index in [1.807, 2.05) is 12.1 Å². The van der Waals surface area contributed by atoms with Gasteiger partial charge in [0.05, 0.1) is 5.69 Å². The van der Waals surface area contributed by atoms with E-state index in [-0.39, 0.29) is 5.82 Å². The number of rotatable bonds is 6. The number of nitrogens with two attached hydrogens (primary N) is 1. The summed E-state index contributed by atoms with van der Waals surface area (Å²) in [5, 5.41) is 3.36. The summed E-state index contributed by atoms with van der Waals surface area (Å²) in [7, 11) is 0. The summed E-state index contributed by atoms with van der Waals surface area (Å²) in [6.07, 6.45) is 7.37. The van der Waals surface area contributed by atoms with E-state index in [9.17, 15) is 4.39 Å². The topological polar surface area (TPSA) is 56.9 Å². The minimum Gasteiger partial charge on any atom is -0.370 e. The van der Waals surface area contributed by atoms with Crippen LogP contribution < -0.4 is 16.0 Å². The Morgan fingerprint density at radius 2 is 1.85 bits per heavy atom. The average Bonchev–Trinajstić information content (AvgIpc) is 2.67. The molecule has 26 heavy (non-hydrogen) atoms. The third-order valence-corrected chi connectivity index (χ3v) is 5.44. The molecule has 1 aromatic carbocycles. The van der Waals surface area contributed by atoms with Crippen molar-refractivity contribution in [2.75, 3.05) is 44.2 Å². The monoisotopic (exact) mass is 361 g/mol. The van der Waals surface area contributed by atoms with Gasteiger partial charge < -0.3 is 16.0 Å². The van der Waals surface area contributed by atoms with Crippen LogP contribution in [0.4, 0.5) is 10.1 Å². The number of anilines is 1. The van der Waals surface area contributed by atoms with Crippen molar-refractivity contribution in [2.24, 2.45) is 10.7 Å². The van der Waals surface area contributed by atoms with Crippen LogP contribution in [0.25, 0.3) is 0 Å². The van der Waals surface area contributed by atoms with E-state index in [0.717, 1.165) is 51.4 Å². The fourth-order valence-corrected chi connectivity index (χ4v) is 3.92. The van der Waals surface area contributed by atoms with Gasteiger partial charge >= 0.3 is 0 Å². The summed E-state index contributed by atoms with van der Waals surface area (Å²) in [5.41, 5.74) is 6.72. The van der Waals surface area contributed by atoms with Crippen molar-refractivity contribution in [3.8, 4) is 0 Å². The number of guanidine groups is 1. The Kier molecular flexibility index (Phi) is 7.12. The third kappa shape index (κ3) is 5.59. The number of piperazine rings is 1. The first-order chi connectivity index (χ1) is 12.7. The summed E-state index contributed by atoms with van der Waals surface area (Å²) in [6.45, 7) is 5.46. The lowest BCUT2D eigenvalue weighted by molar-refractivity contribution is 0.256. The van der Waals surface area contributed by atoms with Crippen LogP contribution >= 0.6 is 0 Å². The van der Waals surface area contributed by atoms with Crippen LogP contribution in [0, 0.1) is 5.82 Å². The summed E-state index contributed by atoms with van der Waals surface area (Å²) < 4.78 is 13.9. The molecule has 1 saturated heterocycles. The summed E-state index contributed by atoms with van der Waals surface area (Å²) in [6, 6.07) is 7.55. The van der Waals surface area contributed by atoms with Crippen molar-refractivity contribution in [3.63, 3.8) is 0 Å². The predicted molar refractivity (Wildman–Crippen MR) is 106 cm³/mol. The van der Waals surface area contributed by atoms with E-state index in [1.165, 1.54) is 38.2 Å². The second-order valence-corrected chi connectivity index (χ2v) is 7.38. The van der Waals surface area contributed by atoms with Crippen molar-refractivity contribution < 1.29 is 4.39 Å². The Balaban J connectivity index is 1.32. The molecule has 2 aliphatic rings. The Morgan fingerprint density at radius 1 is 1.12 bits per heavy atom. The molecular weight excluding hydrogens is 329 g/mol. The Hall–Kier alpha value is -1.82. The molecule has 6 heteroatoms. The van der Waals surface area contributed by atoms with Crippen LogP contribution in [-0.2, 0) is 0 Å². The Morgan fingerprint density at radius 3 is 2.58 bits per heavy atom. The molecule has 1 heterocycles. The van der Waals surface area contributed by atoms with Gasteiger partial charge in [-0.1, -0.05) is 31.4 Å². The van der Waals surface area contributed by atoms with Crippen molar-refractivity contribution in [2.45, 2.75) is 44.6 Å². The van der Waals surface area contributed by atoms with Gasteiger partial charge in [-0.25, -0.2) is 4.39 Å². The average molecular weight is 362 g/mol. The zero-order valence-corrected chi connectivity index (χ0v) is 15.7. The summed E-state index contributed by atoms with van der Waals surface area (Å²) in [4.78, 5) is 9.04. The highest BCUT2D eigenvalue weighted by Gasteiger charge is 2.18. The molecule has 5 nitrogen and oxygen atoms in total. The highest BCUT2D eigenvalue weighted by molar-refractivity contribution is 5.78. The molecule has 3 N–H and O–H groups in total. The number of nitrogens with zero attached hydrogens (tertiary/aromatic N) is 3. The van der Waals surface area contributed by atoms with Gasteiger partial charge in [0.2, 0.25) is 0 Å². The first-order valence-corrected chi connectivity index (χ1v) is 10.0. The highest BCUT2D eigenvalue weighted by Crippen LogP contribution is 2.20. The van der Waals surface area contributed by atoms with Crippen LogP contribution in [0.2, 0.25) is 0 Å². The van der Waals surface area contributed by atoms with Gasteiger partial charge in [0.1, 0.15) is 5.82 Å². The molecule has 1 aliphatic heterocycles. The predicted octanol–water partition coefficient (Wildman–Crippen LogP) is 2.57. The maximum atomic E-state index is 13.9. The summed E-state index contributed by atoms with van der Waals surface area (Å²) >= 11 is 0. The van der Waals surface area contributed by atoms with E-state index < -0.39 is 0 Å². The van der Waals surface area contributed by atoms with Gasteiger partial charge in [0, 0.05) is 45.3 Å². The maximum Gasteiger partial charge on any atom is 0.188 e. The van der Waals surface area contributed by atoms with Gasteiger partial charge in [-0.3, -0.25) is 9.89 Å². The molecule has 0 amide bonds. The molecule has 0 unspecified atom stereocenters. The molecule has 1 saturated carbocycles. The normalized spacial score (nSPS) is 20.3. The molecule has 1 aromatic rings. The van der Waals surface area contributed by atoms with Crippen molar-refractivity contribution in [1.29, 1.82) is 0 Å². The van der Waals surface area contributed by atoms with Gasteiger partial charge in [-0.2, -0.15) is 0 Å². The Bertz CT molecular complexity index is 577. The van der Waals surface area contributed by atoms with E-state index in [1.54, 1.807) is 6.07 Å². The molecule has 3 rings (SSSR count). The fraction of sp³-hybridized carbons (Fsp3) is 0.650. The number of hydrogen-bond donors (Lipinski definition) is 2. The highest BCUT2D eigenvalue weighted by atomic mass is 19.1. The lowest BCUT2D eigenvalue weighted by Crippen LogP contribution is -2.47. The molecule has 0 spiro atoms. The van der Waals surface area contributed by atoms with Crippen molar-refractivity contribution >= 4 is 11.6 Å².